The van der Waals surface area contributed by atoms with E-state index in [-0.39, 0.29) is 35.5 Å². The molecule has 0 saturated heterocycles. The number of carbonyl (C=O) groups excluding carboxylic acids is 3. The molecule has 34 heavy (non-hydrogen) atoms. The van der Waals surface area contributed by atoms with Crippen LogP contribution in [0.15, 0.2) is 0 Å². The largest absolute Gasteiger partial charge is 0.466 e. The molecule has 0 bridgehead atoms. The molecule has 1 aliphatic rings. The van der Waals surface area contributed by atoms with Gasteiger partial charge in [-0.3, -0.25) is 14.4 Å². The Morgan fingerprint density at radius 2 is 1.68 bits per heavy atom. The zero-order valence-electron chi connectivity index (χ0n) is 22.4. The Kier molecular flexibility index (Phi) is 14.9. The molecule has 198 valence electrons. The van der Waals surface area contributed by atoms with Gasteiger partial charge in [0.2, 0.25) is 0 Å². The first kappa shape index (κ1) is 30.8. The highest BCUT2D eigenvalue weighted by Crippen LogP contribution is 2.42. The van der Waals surface area contributed by atoms with Gasteiger partial charge < -0.3 is 14.2 Å². The lowest BCUT2D eigenvalue weighted by molar-refractivity contribution is -0.151. The third kappa shape index (κ3) is 11.9. The molecule has 4 atom stereocenters. The molecule has 0 spiro atoms. The molecule has 0 aromatic heterocycles. The smallest absolute Gasteiger partial charge is 0.305 e. The first-order valence-electron chi connectivity index (χ1n) is 13.2. The van der Waals surface area contributed by atoms with Crippen LogP contribution in [-0.2, 0) is 28.6 Å². The van der Waals surface area contributed by atoms with E-state index in [1.165, 1.54) is 13.8 Å². The Bertz CT molecular complexity index is 620. The third-order valence-corrected chi connectivity index (χ3v) is 8.31. The molecule has 1 rings (SSSR count). The molecule has 4 unspecified atom stereocenters. The Morgan fingerprint density at radius 3 is 2.29 bits per heavy atom. The van der Waals surface area contributed by atoms with Crippen LogP contribution in [0.4, 0.5) is 0 Å². The predicted molar refractivity (Wildman–Crippen MR) is 138 cm³/mol. The fraction of sp³-hybridized carbons (Fsp3) is 0.889. The maximum absolute atomic E-state index is 11.8. The zero-order valence-corrected chi connectivity index (χ0v) is 23.2. The summed E-state index contributed by atoms with van der Waals surface area (Å²) in [5.74, 6) is 0.529. The number of thioether (sulfide) groups is 1. The van der Waals surface area contributed by atoms with Crippen LogP contribution in [0.25, 0.3) is 0 Å². The summed E-state index contributed by atoms with van der Waals surface area (Å²) in [7, 11) is 0. The zero-order chi connectivity index (χ0) is 25.6. The number of hydrogen-bond donors (Lipinski definition) is 0. The quantitative estimate of drug-likeness (QED) is 0.128. The molecule has 0 aromatic carbocycles. The number of esters is 3. The highest BCUT2D eigenvalue weighted by Gasteiger charge is 2.40. The van der Waals surface area contributed by atoms with E-state index >= 15 is 0 Å². The topological polar surface area (TPSA) is 78.9 Å². The first-order valence-corrected chi connectivity index (χ1v) is 14.3. The number of carbonyl (C=O) groups is 3. The van der Waals surface area contributed by atoms with Crippen LogP contribution >= 0.6 is 11.8 Å². The molecule has 1 saturated carbocycles. The standard InChI is InChI=1S/C27H48O6S/c1-7-9-18-27(5,6)25(33-21(4)29)19-34-24-17-16-23(32-20(3)28)22(24)14-12-10-11-13-15-26(30)31-8-2/h22-25H,7-19H2,1-6H3. The van der Waals surface area contributed by atoms with Crippen LogP contribution < -0.4 is 0 Å². The number of hydrogen-bond acceptors (Lipinski definition) is 7. The van der Waals surface area contributed by atoms with Crippen LogP contribution in [0.1, 0.15) is 112 Å². The molecule has 0 amide bonds. The fourth-order valence-electron chi connectivity index (χ4n) is 4.79. The molecule has 6 nitrogen and oxygen atoms in total. The van der Waals surface area contributed by atoms with Gasteiger partial charge in [0.15, 0.2) is 0 Å². The van der Waals surface area contributed by atoms with Crippen molar-refractivity contribution in [3.63, 3.8) is 0 Å². The van der Waals surface area contributed by atoms with Crippen molar-refractivity contribution in [2.45, 2.75) is 130 Å². The second kappa shape index (κ2) is 16.4. The van der Waals surface area contributed by atoms with Crippen molar-refractivity contribution in [3.8, 4) is 0 Å². The Morgan fingerprint density at radius 1 is 0.971 bits per heavy atom. The van der Waals surface area contributed by atoms with Gasteiger partial charge in [-0.15, -0.1) is 0 Å². The molecular formula is C27H48O6S. The van der Waals surface area contributed by atoms with Gasteiger partial charge in [0.25, 0.3) is 0 Å². The monoisotopic (exact) mass is 500 g/mol. The van der Waals surface area contributed by atoms with Gasteiger partial charge in [0, 0.05) is 42.6 Å². The molecule has 1 fully saturated rings. The SMILES string of the molecule is CCCCC(C)(C)C(CSC1CCC(OC(C)=O)C1CCCCCCC(=O)OCC)OC(C)=O. The predicted octanol–water partition coefficient (Wildman–Crippen LogP) is 6.48. The molecule has 0 aromatic rings. The summed E-state index contributed by atoms with van der Waals surface area (Å²) in [6, 6.07) is 0. The van der Waals surface area contributed by atoms with E-state index in [9.17, 15) is 14.4 Å². The molecule has 1 aliphatic carbocycles. The van der Waals surface area contributed by atoms with Gasteiger partial charge >= 0.3 is 17.9 Å². The first-order chi connectivity index (χ1) is 16.1. The summed E-state index contributed by atoms with van der Waals surface area (Å²) >= 11 is 1.88. The van der Waals surface area contributed by atoms with Gasteiger partial charge in [-0.2, -0.15) is 11.8 Å². The van der Waals surface area contributed by atoms with Gasteiger partial charge in [-0.25, -0.2) is 0 Å². The maximum Gasteiger partial charge on any atom is 0.305 e. The highest BCUT2D eigenvalue weighted by atomic mass is 32.2. The number of ether oxygens (including phenoxy) is 3. The normalized spacial score (nSPS) is 21.2. The summed E-state index contributed by atoms with van der Waals surface area (Å²) in [5.41, 5.74) is -0.0724. The Balaban J connectivity index is 2.65. The lowest BCUT2D eigenvalue weighted by Gasteiger charge is -2.35. The summed E-state index contributed by atoms with van der Waals surface area (Å²) in [6.07, 6.45) is 10.5. The fourth-order valence-corrected chi connectivity index (χ4v) is 6.60. The van der Waals surface area contributed by atoms with E-state index in [4.69, 9.17) is 14.2 Å². The lowest BCUT2D eigenvalue weighted by Crippen LogP contribution is -2.36. The maximum atomic E-state index is 11.8. The van der Waals surface area contributed by atoms with Crippen molar-refractivity contribution >= 4 is 29.7 Å². The minimum Gasteiger partial charge on any atom is -0.466 e. The van der Waals surface area contributed by atoms with Gasteiger partial charge in [-0.1, -0.05) is 52.9 Å². The summed E-state index contributed by atoms with van der Waals surface area (Å²) in [6.45, 7) is 11.8. The number of unbranched alkanes of at least 4 members (excludes halogenated alkanes) is 4. The van der Waals surface area contributed by atoms with Crippen molar-refractivity contribution in [2.24, 2.45) is 11.3 Å². The lowest BCUT2D eigenvalue weighted by atomic mass is 9.82. The van der Waals surface area contributed by atoms with Crippen molar-refractivity contribution in [1.29, 1.82) is 0 Å². The molecule has 0 heterocycles. The Hall–Kier alpha value is -1.24. The van der Waals surface area contributed by atoms with Crippen LogP contribution in [0.2, 0.25) is 0 Å². The van der Waals surface area contributed by atoms with E-state index in [0.717, 1.165) is 70.0 Å². The van der Waals surface area contributed by atoms with Gasteiger partial charge in [0.1, 0.15) is 12.2 Å². The van der Waals surface area contributed by atoms with Crippen LogP contribution in [-0.4, -0.2) is 47.7 Å². The van der Waals surface area contributed by atoms with Gasteiger partial charge in [0.05, 0.1) is 6.61 Å². The van der Waals surface area contributed by atoms with E-state index in [1.807, 2.05) is 18.7 Å². The van der Waals surface area contributed by atoms with E-state index in [1.54, 1.807) is 0 Å². The van der Waals surface area contributed by atoms with Crippen LogP contribution in [0, 0.1) is 11.3 Å². The second-order valence-electron chi connectivity index (χ2n) is 10.2. The molecule has 0 aliphatic heterocycles. The summed E-state index contributed by atoms with van der Waals surface area (Å²) < 4.78 is 16.5. The summed E-state index contributed by atoms with van der Waals surface area (Å²) in [5, 5.41) is 0.393. The van der Waals surface area contributed by atoms with Crippen LogP contribution in [0.5, 0.6) is 0 Å². The van der Waals surface area contributed by atoms with Crippen molar-refractivity contribution in [1.82, 2.24) is 0 Å². The van der Waals surface area contributed by atoms with Crippen molar-refractivity contribution in [3.05, 3.63) is 0 Å². The Labute approximate surface area is 211 Å². The molecule has 7 heteroatoms. The highest BCUT2D eigenvalue weighted by molar-refractivity contribution is 7.99. The van der Waals surface area contributed by atoms with Crippen molar-refractivity contribution in [2.75, 3.05) is 12.4 Å². The minimum atomic E-state index is -0.223. The van der Waals surface area contributed by atoms with E-state index in [0.29, 0.717) is 24.2 Å². The third-order valence-electron chi connectivity index (χ3n) is 6.80. The summed E-state index contributed by atoms with van der Waals surface area (Å²) in [4.78, 5) is 35.0. The van der Waals surface area contributed by atoms with Gasteiger partial charge in [-0.05, 0) is 39.0 Å². The van der Waals surface area contributed by atoms with E-state index in [2.05, 4.69) is 20.8 Å². The minimum absolute atomic E-state index is 0.0326. The second-order valence-corrected chi connectivity index (χ2v) is 11.5. The number of rotatable bonds is 17. The van der Waals surface area contributed by atoms with E-state index < -0.39 is 0 Å². The molecular weight excluding hydrogens is 452 g/mol. The van der Waals surface area contributed by atoms with Crippen LogP contribution in [0.3, 0.4) is 0 Å². The average molecular weight is 501 g/mol. The molecule has 0 radical (unpaired) electrons. The molecule has 0 N–H and O–H groups in total. The average Bonchev–Trinajstić information content (AvgIpc) is 3.12. The van der Waals surface area contributed by atoms with Crippen molar-refractivity contribution < 1.29 is 28.6 Å².